The Morgan fingerprint density at radius 3 is 2.59 bits per heavy atom. The molecule has 0 atom stereocenters. The van der Waals surface area contributed by atoms with E-state index in [0.717, 1.165) is 16.6 Å². The van der Waals surface area contributed by atoms with Crippen LogP contribution in [0.25, 0.3) is 22.3 Å². The minimum Gasteiger partial charge on any atom is -0.481 e. The summed E-state index contributed by atoms with van der Waals surface area (Å²) < 4.78 is 1.68. The van der Waals surface area contributed by atoms with Gasteiger partial charge in [0.2, 0.25) is 0 Å². The zero-order chi connectivity index (χ0) is 19.6. The first-order valence-electron chi connectivity index (χ1n) is 8.75. The van der Waals surface area contributed by atoms with Crippen LogP contribution < -0.4 is 0 Å². The highest BCUT2D eigenvalue weighted by Crippen LogP contribution is 2.27. The van der Waals surface area contributed by atoms with Crippen molar-refractivity contribution in [3.8, 4) is 11.3 Å². The first kappa shape index (κ1) is 18.6. The molecule has 3 aromatic rings. The predicted molar refractivity (Wildman–Crippen MR) is 103 cm³/mol. The van der Waals surface area contributed by atoms with E-state index in [1.807, 2.05) is 44.3 Å². The third-order valence-corrected chi connectivity index (χ3v) is 4.50. The third-order valence-electron chi connectivity index (χ3n) is 4.50. The summed E-state index contributed by atoms with van der Waals surface area (Å²) in [5, 5.41) is 13.9. The fourth-order valence-corrected chi connectivity index (χ4v) is 3.14. The highest BCUT2D eigenvalue weighted by molar-refractivity contribution is 6.07. The van der Waals surface area contributed by atoms with Gasteiger partial charge in [0.05, 0.1) is 22.3 Å². The van der Waals surface area contributed by atoms with Crippen LogP contribution in [0.1, 0.15) is 28.9 Å². The molecule has 0 saturated heterocycles. The van der Waals surface area contributed by atoms with Crippen molar-refractivity contribution in [2.24, 2.45) is 7.05 Å². The van der Waals surface area contributed by atoms with E-state index in [-0.39, 0.29) is 12.3 Å². The zero-order valence-corrected chi connectivity index (χ0v) is 15.6. The summed E-state index contributed by atoms with van der Waals surface area (Å²) in [4.78, 5) is 30.1. The van der Waals surface area contributed by atoms with Crippen LogP contribution in [0.3, 0.4) is 0 Å². The molecule has 0 unspecified atom stereocenters. The molecule has 2 heterocycles. The fraction of sp³-hybridized carbons (Fsp3) is 0.300. The first-order valence-corrected chi connectivity index (χ1v) is 8.75. The van der Waals surface area contributed by atoms with Gasteiger partial charge in [-0.1, -0.05) is 30.3 Å². The number of amides is 1. The summed E-state index contributed by atoms with van der Waals surface area (Å²) in [6, 6.07) is 11.5. The average molecular weight is 366 g/mol. The van der Waals surface area contributed by atoms with Gasteiger partial charge in [0.25, 0.3) is 5.91 Å². The molecule has 0 fully saturated rings. The Hall–Kier alpha value is -3.22. The van der Waals surface area contributed by atoms with Crippen molar-refractivity contribution in [2.75, 3.05) is 13.6 Å². The minimum atomic E-state index is -0.864. The lowest BCUT2D eigenvalue weighted by Crippen LogP contribution is -2.28. The second kappa shape index (κ2) is 7.57. The molecule has 3 rings (SSSR count). The highest BCUT2D eigenvalue weighted by atomic mass is 16.4. The SMILES string of the molecule is Cc1nn(C)c2nc(-c3ccccc3)cc(C(=O)N(C)CCCC(=O)O)c12. The lowest BCUT2D eigenvalue weighted by atomic mass is 10.0. The standard InChI is InChI=1S/C20H22N4O3/c1-13-18-15(20(27)23(2)11-7-10-17(25)26)12-16(14-8-5-4-6-9-14)21-19(18)24(3)22-13/h4-6,8-9,12H,7,10-11H2,1-3H3,(H,25,26). The summed E-state index contributed by atoms with van der Waals surface area (Å²) in [6.07, 6.45) is 0.438. The summed E-state index contributed by atoms with van der Waals surface area (Å²) in [7, 11) is 3.49. The molecule has 140 valence electrons. The number of aliphatic carboxylic acids is 1. The van der Waals surface area contributed by atoms with Crippen molar-refractivity contribution in [1.29, 1.82) is 0 Å². The number of hydrogen-bond acceptors (Lipinski definition) is 4. The molecule has 27 heavy (non-hydrogen) atoms. The summed E-state index contributed by atoms with van der Waals surface area (Å²) in [6.45, 7) is 2.22. The molecule has 1 amide bonds. The first-order chi connectivity index (χ1) is 12.9. The molecule has 0 aliphatic carbocycles. The Morgan fingerprint density at radius 2 is 1.93 bits per heavy atom. The van der Waals surface area contributed by atoms with Gasteiger partial charge in [0.15, 0.2) is 5.65 Å². The second-order valence-electron chi connectivity index (χ2n) is 6.55. The van der Waals surface area contributed by atoms with Crippen LogP contribution in [0.4, 0.5) is 0 Å². The number of rotatable bonds is 6. The number of aromatic nitrogens is 3. The smallest absolute Gasteiger partial charge is 0.303 e. The van der Waals surface area contributed by atoms with E-state index in [1.165, 1.54) is 0 Å². The summed E-state index contributed by atoms with van der Waals surface area (Å²) in [5.74, 6) is -1.03. The Balaban J connectivity index is 2.05. The van der Waals surface area contributed by atoms with Crippen LogP contribution in [-0.2, 0) is 11.8 Å². The number of carbonyl (C=O) groups is 2. The highest BCUT2D eigenvalue weighted by Gasteiger charge is 2.21. The monoisotopic (exact) mass is 366 g/mol. The van der Waals surface area contributed by atoms with Crippen molar-refractivity contribution in [1.82, 2.24) is 19.7 Å². The molecule has 7 nitrogen and oxygen atoms in total. The number of aryl methyl sites for hydroxylation is 2. The van der Waals surface area contributed by atoms with E-state index in [4.69, 9.17) is 10.1 Å². The molecule has 1 N–H and O–H groups in total. The molecule has 7 heteroatoms. The molecule has 2 aromatic heterocycles. The molecule has 0 aliphatic rings. The number of nitrogens with zero attached hydrogens (tertiary/aromatic N) is 4. The van der Waals surface area contributed by atoms with E-state index >= 15 is 0 Å². The maximum absolute atomic E-state index is 13.1. The lowest BCUT2D eigenvalue weighted by molar-refractivity contribution is -0.137. The Kier molecular flexibility index (Phi) is 5.21. The summed E-state index contributed by atoms with van der Waals surface area (Å²) >= 11 is 0. The van der Waals surface area contributed by atoms with Crippen molar-refractivity contribution < 1.29 is 14.7 Å². The van der Waals surface area contributed by atoms with Crippen LogP contribution in [0.15, 0.2) is 36.4 Å². The Morgan fingerprint density at radius 1 is 1.22 bits per heavy atom. The van der Waals surface area contributed by atoms with Gasteiger partial charge in [-0.15, -0.1) is 0 Å². The number of carboxylic acid groups (broad SMARTS) is 1. The number of benzene rings is 1. The van der Waals surface area contributed by atoms with E-state index in [2.05, 4.69) is 5.10 Å². The Labute approximate surface area is 157 Å². The van der Waals surface area contributed by atoms with E-state index in [1.54, 1.807) is 22.7 Å². The normalized spacial score (nSPS) is 10.9. The van der Waals surface area contributed by atoms with Crippen molar-refractivity contribution in [2.45, 2.75) is 19.8 Å². The average Bonchev–Trinajstić information content (AvgIpc) is 2.94. The molecular formula is C20H22N4O3. The van der Waals surface area contributed by atoms with Crippen LogP contribution in [0, 0.1) is 6.92 Å². The van der Waals surface area contributed by atoms with Crippen molar-refractivity contribution in [3.05, 3.63) is 47.7 Å². The van der Waals surface area contributed by atoms with Crippen molar-refractivity contribution >= 4 is 22.9 Å². The van der Waals surface area contributed by atoms with Gasteiger partial charge in [0.1, 0.15) is 0 Å². The van der Waals surface area contributed by atoms with Gasteiger partial charge in [-0.3, -0.25) is 14.3 Å². The fourth-order valence-electron chi connectivity index (χ4n) is 3.14. The van der Waals surface area contributed by atoms with Gasteiger partial charge in [-0.25, -0.2) is 4.98 Å². The number of hydrogen-bond donors (Lipinski definition) is 1. The minimum absolute atomic E-state index is 0.0323. The molecule has 0 radical (unpaired) electrons. The maximum Gasteiger partial charge on any atom is 0.303 e. The molecule has 0 aliphatic heterocycles. The largest absolute Gasteiger partial charge is 0.481 e. The van der Waals surface area contributed by atoms with Gasteiger partial charge in [0, 0.05) is 32.6 Å². The lowest BCUT2D eigenvalue weighted by Gasteiger charge is -2.18. The number of carbonyl (C=O) groups excluding carboxylic acids is 1. The molecule has 0 bridgehead atoms. The second-order valence-corrected chi connectivity index (χ2v) is 6.55. The van der Waals surface area contributed by atoms with Gasteiger partial charge < -0.3 is 10.0 Å². The van der Waals surface area contributed by atoms with E-state index in [9.17, 15) is 9.59 Å². The topological polar surface area (TPSA) is 88.3 Å². The van der Waals surface area contributed by atoms with E-state index in [0.29, 0.717) is 29.9 Å². The summed E-state index contributed by atoms with van der Waals surface area (Å²) in [5.41, 5.74) is 3.54. The van der Waals surface area contributed by atoms with Crippen molar-refractivity contribution in [3.63, 3.8) is 0 Å². The van der Waals surface area contributed by atoms with Gasteiger partial charge in [-0.05, 0) is 19.4 Å². The maximum atomic E-state index is 13.1. The van der Waals surface area contributed by atoms with Gasteiger partial charge >= 0.3 is 5.97 Å². The molecule has 1 aromatic carbocycles. The number of carboxylic acids is 1. The van der Waals surface area contributed by atoms with Gasteiger partial charge in [-0.2, -0.15) is 5.10 Å². The van der Waals surface area contributed by atoms with Crippen LogP contribution in [0.5, 0.6) is 0 Å². The van der Waals surface area contributed by atoms with E-state index < -0.39 is 5.97 Å². The van der Waals surface area contributed by atoms with Crippen LogP contribution >= 0.6 is 0 Å². The quantitative estimate of drug-likeness (QED) is 0.725. The predicted octanol–water partition coefficient (Wildman–Crippen LogP) is 2.88. The molecule has 0 saturated carbocycles. The third kappa shape index (κ3) is 3.81. The molecule has 0 spiro atoms. The number of pyridine rings is 1. The zero-order valence-electron chi connectivity index (χ0n) is 15.6. The Bertz CT molecular complexity index is 995. The van der Waals surface area contributed by atoms with Crippen LogP contribution in [0.2, 0.25) is 0 Å². The molecular weight excluding hydrogens is 344 g/mol. The van der Waals surface area contributed by atoms with Crippen LogP contribution in [-0.4, -0.2) is 50.2 Å². The number of fused-ring (bicyclic) bond motifs is 1.